The van der Waals surface area contributed by atoms with Crippen molar-refractivity contribution in [3.8, 4) is 11.1 Å². The first-order valence-electron chi connectivity index (χ1n) is 8.86. The fourth-order valence-electron chi connectivity index (χ4n) is 3.72. The maximum absolute atomic E-state index is 14.9. The smallest absolute Gasteiger partial charge is 0.259 e. The van der Waals surface area contributed by atoms with E-state index >= 15 is 0 Å². The highest BCUT2D eigenvalue weighted by molar-refractivity contribution is 6.05. The first kappa shape index (κ1) is 17.5. The lowest BCUT2D eigenvalue weighted by Crippen LogP contribution is -2.59. The number of nitrogens with one attached hydrogen (secondary N) is 1. The minimum Gasteiger partial charge on any atom is -0.381 e. The van der Waals surface area contributed by atoms with Gasteiger partial charge in [-0.15, -0.1) is 0 Å². The van der Waals surface area contributed by atoms with E-state index in [1.165, 1.54) is 34.2 Å². The van der Waals surface area contributed by atoms with Crippen molar-refractivity contribution in [2.75, 3.05) is 4.90 Å². The van der Waals surface area contributed by atoms with E-state index in [0.29, 0.717) is 22.3 Å². The molecule has 1 amide bonds. The molecule has 0 bridgehead atoms. The SMILES string of the molecule is Cn1cc(-c2cc(F)c([C@H]3[C@@H](O)C(=O)N3c3ccc4[nH]cnc4c3)c(F)c2)cn1. The van der Waals surface area contributed by atoms with E-state index in [-0.39, 0.29) is 5.56 Å². The molecule has 0 aliphatic carbocycles. The number of aliphatic hydroxyl groups excluding tert-OH is 1. The number of aliphatic hydroxyl groups is 1. The fourth-order valence-corrected chi connectivity index (χ4v) is 3.72. The largest absolute Gasteiger partial charge is 0.381 e. The van der Waals surface area contributed by atoms with Crippen LogP contribution in [0.15, 0.2) is 49.1 Å². The first-order chi connectivity index (χ1) is 13.9. The number of carbonyl (C=O) groups excluding carboxylic acids is 1. The molecule has 146 valence electrons. The summed E-state index contributed by atoms with van der Waals surface area (Å²) in [6, 6.07) is 6.17. The van der Waals surface area contributed by atoms with Gasteiger partial charge in [0.2, 0.25) is 0 Å². The molecule has 1 aliphatic heterocycles. The molecule has 2 N–H and O–H groups in total. The predicted molar refractivity (Wildman–Crippen MR) is 101 cm³/mol. The molecule has 9 heteroatoms. The minimum atomic E-state index is -1.53. The van der Waals surface area contributed by atoms with Crippen LogP contribution >= 0.6 is 0 Å². The molecule has 29 heavy (non-hydrogen) atoms. The average Bonchev–Trinajstić information content (AvgIpc) is 3.34. The highest BCUT2D eigenvalue weighted by atomic mass is 19.1. The summed E-state index contributed by atoms with van der Waals surface area (Å²) >= 11 is 0. The Kier molecular flexibility index (Phi) is 3.75. The second-order valence-corrected chi connectivity index (χ2v) is 6.96. The molecule has 0 radical (unpaired) electrons. The van der Waals surface area contributed by atoms with Gasteiger partial charge in [0.1, 0.15) is 17.7 Å². The number of rotatable bonds is 3. The summed E-state index contributed by atoms with van der Waals surface area (Å²) in [6.45, 7) is 0. The zero-order chi connectivity index (χ0) is 20.3. The summed E-state index contributed by atoms with van der Waals surface area (Å²) in [4.78, 5) is 20.6. The van der Waals surface area contributed by atoms with Gasteiger partial charge in [-0.1, -0.05) is 0 Å². The molecule has 1 saturated heterocycles. The Morgan fingerprint density at radius 1 is 1.14 bits per heavy atom. The number of H-pyrrole nitrogens is 1. The van der Waals surface area contributed by atoms with Crippen LogP contribution in [0.1, 0.15) is 11.6 Å². The molecule has 2 aromatic carbocycles. The number of fused-ring (bicyclic) bond motifs is 1. The number of anilines is 1. The number of hydrogen-bond donors (Lipinski definition) is 2. The van der Waals surface area contributed by atoms with Crippen LogP contribution in [0.4, 0.5) is 14.5 Å². The van der Waals surface area contributed by atoms with Crippen molar-refractivity contribution in [2.45, 2.75) is 12.1 Å². The van der Waals surface area contributed by atoms with Gasteiger partial charge >= 0.3 is 0 Å². The highest BCUT2D eigenvalue weighted by Gasteiger charge is 2.50. The first-order valence-corrected chi connectivity index (χ1v) is 8.86. The Hall–Kier alpha value is -3.59. The number of aromatic amines is 1. The topological polar surface area (TPSA) is 87.0 Å². The van der Waals surface area contributed by atoms with Crippen LogP contribution in [0, 0.1) is 11.6 Å². The van der Waals surface area contributed by atoms with Crippen LogP contribution < -0.4 is 4.90 Å². The van der Waals surface area contributed by atoms with E-state index in [0.717, 1.165) is 5.52 Å². The van der Waals surface area contributed by atoms with Crippen molar-refractivity contribution in [1.82, 2.24) is 19.7 Å². The van der Waals surface area contributed by atoms with Gasteiger partial charge in [-0.3, -0.25) is 14.4 Å². The third-order valence-corrected chi connectivity index (χ3v) is 5.16. The Balaban J connectivity index is 1.57. The zero-order valence-electron chi connectivity index (χ0n) is 15.2. The Morgan fingerprint density at radius 2 is 1.90 bits per heavy atom. The Labute approximate surface area is 163 Å². The van der Waals surface area contributed by atoms with Crippen LogP contribution in [-0.4, -0.2) is 36.9 Å². The summed E-state index contributed by atoms with van der Waals surface area (Å²) in [5, 5.41) is 14.2. The van der Waals surface area contributed by atoms with Gasteiger partial charge in [0.25, 0.3) is 5.91 Å². The number of carbonyl (C=O) groups is 1. The summed E-state index contributed by atoms with van der Waals surface area (Å²) in [5.41, 5.74) is 2.29. The molecule has 2 aromatic heterocycles. The summed E-state index contributed by atoms with van der Waals surface area (Å²) in [5.74, 6) is -2.31. The van der Waals surface area contributed by atoms with Crippen LogP contribution in [-0.2, 0) is 11.8 Å². The average molecular weight is 395 g/mol. The summed E-state index contributed by atoms with van der Waals surface area (Å²) < 4.78 is 31.4. The molecule has 0 spiro atoms. The molecule has 0 unspecified atom stereocenters. The molecular formula is C20H15F2N5O2. The maximum atomic E-state index is 14.9. The third-order valence-electron chi connectivity index (χ3n) is 5.16. The third kappa shape index (κ3) is 2.62. The molecule has 0 saturated carbocycles. The number of benzene rings is 2. The number of aryl methyl sites for hydroxylation is 1. The lowest BCUT2D eigenvalue weighted by molar-refractivity contribution is -0.137. The monoisotopic (exact) mass is 395 g/mol. The molecule has 3 heterocycles. The quantitative estimate of drug-likeness (QED) is 0.522. The molecule has 1 fully saturated rings. The van der Waals surface area contributed by atoms with Crippen molar-refractivity contribution in [2.24, 2.45) is 7.05 Å². The Bertz CT molecular complexity index is 1240. The number of β-lactam (4-membered cyclic amide) rings is 1. The van der Waals surface area contributed by atoms with Crippen LogP contribution in [0.3, 0.4) is 0 Å². The molecule has 7 nitrogen and oxygen atoms in total. The standard InChI is InChI=1S/C20H15F2N5O2/c1-26-8-11(7-25-26)10-4-13(21)17(14(22)5-10)18-19(28)20(29)27(18)12-2-3-15-16(6-12)24-9-23-15/h2-9,18-19,28H,1H3,(H,23,24)/t18-,19+/m0/s1. The number of halogens is 2. The van der Waals surface area contributed by atoms with Gasteiger partial charge in [0.05, 0.1) is 23.6 Å². The van der Waals surface area contributed by atoms with Crippen molar-refractivity contribution in [3.05, 3.63) is 66.3 Å². The van der Waals surface area contributed by atoms with Gasteiger partial charge < -0.3 is 10.1 Å². The van der Waals surface area contributed by atoms with Crippen molar-refractivity contribution in [3.63, 3.8) is 0 Å². The predicted octanol–water partition coefficient (Wildman–Crippen LogP) is 2.69. The van der Waals surface area contributed by atoms with Crippen LogP contribution in [0.5, 0.6) is 0 Å². The van der Waals surface area contributed by atoms with E-state index in [9.17, 15) is 18.7 Å². The zero-order valence-corrected chi connectivity index (χ0v) is 15.2. The highest BCUT2D eigenvalue weighted by Crippen LogP contribution is 2.42. The van der Waals surface area contributed by atoms with E-state index in [2.05, 4.69) is 15.1 Å². The lowest BCUT2D eigenvalue weighted by atomic mass is 9.88. The number of aromatic nitrogens is 4. The summed E-state index contributed by atoms with van der Waals surface area (Å²) in [7, 11) is 1.70. The second-order valence-electron chi connectivity index (χ2n) is 6.96. The van der Waals surface area contributed by atoms with Gasteiger partial charge in [0.15, 0.2) is 6.10 Å². The summed E-state index contributed by atoms with van der Waals surface area (Å²) in [6.07, 6.45) is 3.12. The number of amides is 1. The van der Waals surface area contributed by atoms with E-state index in [1.807, 2.05) is 0 Å². The van der Waals surface area contributed by atoms with Gasteiger partial charge in [-0.2, -0.15) is 5.10 Å². The van der Waals surface area contributed by atoms with Crippen LogP contribution in [0.25, 0.3) is 22.2 Å². The lowest BCUT2D eigenvalue weighted by Gasteiger charge is -2.44. The molecular weight excluding hydrogens is 380 g/mol. The molecule has 2 atom stereocenters. The molecule has 5 rings (SSSR count). The minimum absolute atomic E-state index is 0.321. The second kappa shape index (κ2) is 6.21. The number of hydrogen-bond acceptors (Lipinski definition) is 4. The van der Waals surface area contributed by atoms with Gasteiger partial charge in [-0.25, -0.2) is 13.8 Å². The van der Waals surface area contributed by atoms with Gasteiger partial charge in [0, 0.05) is 30.1 Å². The van der Waals surface area contributed by atoms with E-state index < -0.39 is 29.7 Å². The van der Waals surface area contributed by atoms with E-state index in [4.69, 9.17) is 0 Å². The maximum Gasteiger partial charge on any atom is 0.259 e. The van der Waals surface area contributed by atoms with E-state index in [1.54, 1.807) is 31.4 Å². The number of nitrogens with zero attached hydrogens (tertiary/aromatic N) is 4. The van der Waals surface area contributed by atoms with Gasteiger partial charge in [-0.05, 0) is 35.9 Å². The molecule has 1 aliphatic rings. The van der Waals surface area contributed by atoms with Crippen molar-refractivity contribution in [1.29, 1.82) is 0 Å². The normalized spacial score (nSPS) is 19.0. The van der Waals surface area contributed by atoms with Crippen molar-refractivity contribution >= 4 is 22.6 Å². The number of imidazole rings is 1. The van der Waals surface area contributed by atoms with Crippen LogP contribution in [0.2, 0.25) is 0 Å². The molecule has 4 aromatic rings. The van der Waals surface area contributed by atoms with Crippen molar-refractivity contribution < 1.29 is 18.7 Å². The fraction of sp³-hybridized carbons (Fsp3) is 0.150. The Morgan fingerprint density at radius 3 is 2.59 bits per heavy atom.